The van der Waals surface area contributed by atoms with Gasteiger partial charge in [-0.2, -0.15) is 0 Å². The number of hydrogen-bond acceptors (Lipinski definition) is 2. The fraction of sp³-hybridized carbons (Fsp3) is 0.500. The van der Waals surface area contributed by atoms with Crippen LogP contribution in [-0.4, -0.2) is 5.78 Å². The predicted octanol–water partition coefficient (Wildman–Crippen LogP) is 1.90. The van der Waals surface area contributed by atoms with Gasteiger partial charge in [0.05, 0.1) is 12.7 Å². The molecule has 2 rings (SSSR count). The lowest BCUT2D eigenvalue weighted by molar-refractivity contribution is -0.116. The SMILES string of the molecule is CC(=O)Cc1occ2c1CCC2. The molecule has 0 spiro atoms. The second kappa shape index (κ2) is 2.77. The van der Waals surface area contributed by atoms with Crippen molar-refractivity contribution in [3.05, 3.63) is 23.2 Å². The number of carbonyl (C=O) groups excluding carboxylic acids is 1. The Bertz CT molecular complexity index is 310. The molecule has 12 heavy (non-hydrogen) atoms. The number of hydrogen-bond donors (Lipinski definition) is 0. The minimum atomic E-state index is 0.180. The zero-order valence-electron chi connectivity index (χ0n) is 7.22. The number of fused-ring (bicyclic) bond motifs is 1. The Morgan fingerprint density at radius 2 is 2.42 bits per heavy atom. The highest BCUT2D eigenvalue weighted by molar-refractivity contribution is 5.78. The molecule has 0 amide bonds. The van der Waals surface area contributed by atoms with Gasteiger partial charge >= 0.3 is 0 Å². The molecule has 1 aliphatic rings. The Balaban J connectivity index is 2.27. The molecule has 1 aromatic heterocycles. The Kier molecular flexibility index (Phi) is 1.75. The smallest absolute Gasteiger partial charge is 0.137 e. The van der Waals surface area contributed by atoms with Crippen molar-refractivity contribution in [1.29, 1.82) is 0 Å². The number of Topliss-reactive ketones (excluding diaryl/α,β-unsaturated/α-hetero) is 1. The van der Waals surface area contributed by atoms with E-state index in [2.05, 4.69) is 0 Å². The van der Waals surface area contributed by atoms with Gasteiger partial charge in [-0.05, 0) is 37.3 Å². The average Bonchev–Trinajstić information content (AvgIpc) is 2.52. The Hall–Kier alpha value is -1.05. The first-order valence-corrected chi connectivity index (χ1v) is 4.35. The van der Waals surface area contributed by atoms with Crippen molar-refractivity contribution in [2.45, 2.75) is 32.6 Å². The van der Waals surface area contributed by atoms with E-state index in [1.165, 1.54) is 17.5 Å². The molecule has 2 nitrogen and oxygen atoms in total. The molecule has 0 N–H and O–H groups in total. The van der Waals surface area contributed by atoms with Crippen molar-refractivity contribution in [3.8, 4) is 0 Å². The summed E-state index contributed by atoms with van der Waals surface area (Å²) in [5.41, 5.74) is 2.61. The molecule has 1 aliphatic carbocycles. The number of furan rings is 1. The molecular formula is C10H12O2. The third kappa shape index (κ3) is 1.17. The minimum absolute atomic E-state index is 0.180. The van der Waals surface area contributed by atoms with Crippen molar-refractivity contribution in [1.82, 2.24) is 0 Å². The van der Waals surface area contributed by atoms with Crippen LogP contribution in [0.1, 0.15) is 30.2 Å². The van der Waals surface area contributed by atoms with Crippen LogP contribution in [0.2, 0.25) is 0 Å². The number of carbonyl (C=O) groups is 1. The van der Waals surface area contributed by atoms with Crippen LogP contribution in [0.4, 0.5) is 0 Å². The van der Waals surface area contributed by atoms with Crippen molar-refractivity contribution < 1.29 is 9.21 Å². The summed E-state index contributed by atoms with van der Waals surface area (Å²) in [6.45, 7) is 1.60. The molecular weight excluding hydrogens is 152 g/mol. The summed E-state index contributed by atoms with van der Waals surface area (Å²) < 4.78 is 5.33. The van der Waals surface area contributed by atoms with Crippen molar-refractivity contribution in [2.24, 2.45) is 0 Å². The maximum absolute atomic E-state index is 10.9. The van der Waals surface area contributed by atoms with Crippen LogP contribution in [0.3, 0.4) is 0 Å². The van der Waals surface area contributed by atoms with E-state index in [4.69, 9.17) is 4.42 Å². The lowest BCUT2D eigenvalue weighted by atomic mass is 10.1. The van der Waals surface area contributed by atoms with Gasteiger partial charge in [0.1, 0.15) is 11.5 Å². The van der Waals surface area contributed by atoms with Gasteiger partial charge in [0.25, 0.3) is 0 Å². The molecule has 0 fully saturated rings. The quantitative estimate of drug-likeness (QED) is 0.668. The minimum Gasteiger partial charge on any atom is -0.468 e. The summed E-state index contributed by atoms with van der Waals surface area (Å²) in [5, 5.41) is 0. The lowest BCUT2D eigenvalue weighted by Crippen LogP contribution is -1.97. The highest BCUT2D eigenvalue weighted by atomic mass is 16.3. The molecule has 0 radical (unpaired) electrons. The van der Waals surface area contributed by atoms with E-state index in [9.17, 15) is 4.79 Å². The van der Waals surface area contributed by atoms with Crippen LogP contribution in [0.5, 0.6) is 0 Å². The molecule has 2 heteroatoms. The summed E-state index contributed by atoms with van der Waals surface area (Å²) in [6.07, 6.45) is 5.70. The standard InChI is InChI=1S/C10H12O2/c1-7(11)5-10-9-4-2-3-8(9)6-12-10/h6H,2-5H2,1H3. The molecule has 64 valence electrons. The average molecular weight is 164 g/mol. The van der Waals surface area contributed by atoms with Gasteiger partial charge in [-0.25, -0.2) is 0 Å². The molecule has 0 bridgehead atoms. The molecule has 0 saturated carbocycles. The zero-order chi connectivity index (χ0) is 8.55. The highest BCUT2D eigenvalue weighted by Gasteiger charge is 2.18. The summed E-state index contributed by atoms with van der Waals surface area (Å²) in [6, 6.07) is 0. The molecule has 1 heterocycles. The lowest BCUT2D eigenvalue weighted by Gasteiger charge is -1.94. The molecule has 0 unspecified atom stereocenters. The van der Waals surface area contributed by atoms with Crippen molar-refractivity contribution in [3.63, 3.8) is 0 Å². The van der Waals surface area contributed by atoms with Gasteiger partial charge in [-0.15, -0.1) is 0 Å². The van der Waals surface area contributed by atoms with Crippen LogP contribution in [0.15, 0.2) is 10.7 Å². The monoisotopic (exact) mass is 164 g/mol. The fourth-order valence-electron chi connectivity index (χ4n) is 1.80. The first kappa shape index (κ1) is 7.59. The van der Waals surface area contributed by atoms with E-state index < -0.39 is 0 Å². The van der Waals surface area contributed by atoms with E-state index in [0.29, 0.717) is 6.42 Å². The number of aryl methyl sites for hydroxylation is 1. The number of ketones is 1. The Morgan fingerprint density at radius 1 is 1.58 bits per heavy atom. The highest BCUT2D eigenvalue weighted by Crippen LogP contribution is 2.27. The third-order valence-electron chi connectivity index (χ3n) is 2.35. The van der Waals surface area contributed by atoms with E-state index in [-0.39, 0.29) is 5.78 Å². The van der Waals surface area contributed by atoms with Crippen LogP contribution in [-0.2, 0) is 24.1 Å². The van der Waals surface area contributed by atoms with Crippen LogP contribution < -0.4 is 0 Å². The summed E-state index contributed by atoms with van der Waals surface area (Å²) in [4.78, 5) is 10.9. The third-order valence-corrected chi connectivity index (χ3v) is 2.35. The second-order valence-electron chi connectivity index (χ2n) is 3.40. The molecule has 1 aromatic rings. The first-order valence-electron chi connectivity index (χ1n) is 4.35. The first-order chi connectivity index (χ1) is 5.77. The van der Waals surface area contributed by atoms with Gasteiger partial charge in [-0.3, -0.25) is 4.79 Å². The van der Waals surface area contributed by atoms with E-state index in [1.54, 1.807) is 13.2 Å². The van der Waals surface area contributed by atoms with Crippen molar-refractivity contribution >= 4 is 5.78 Å². The van der Waals surface area contributed by atoms with Crippen LogP contribution in [0, 0.1) is 0 Å². The fourth-order valence-corrected chi connectivity index (χ4v) is 1.80. The van der Waals surface area contributed by atoms with Crippen molar-refractivity contribution in [2.75, 3.05) is 0 Å². The summed E-state index contributed by atoms with van der Waals surface area (Å²) in [7, 11) is 0. The molecule has 0 aliphatic heterocycles. The molecule has 0 saturated heterocycles. The second-order valence-corrected chi connectivity index (χ2v) is 3.40. The molecule has 0 atom stereocenters. The van der Waals surface area contributed by atoms with E-state index in [1.807, 2.05) is 0 Å². The van der Waals surface area contributed by atoms with Gasteiger partial charge in [0, 0.05) is 0 Å². The predicted molar refractivity (Wildman–Crippen MR) is 45.1 cm³/mol. The Morgan fingerprint density at radius 3 is 3.17 bits per heavy atom. The van der Waals surface area contributed by atoms with Gasteiger partial charge < -0.3 is 4.42 Å². The molecule has 0 aromatic carbocycles. The normalized spacial score (nSPS) is 14.8. The van der Waals surface area contributed by atoms with E-state index in [0.717, 1.165) is 18.6 Å². The number of rotatable bonds is 2. The maximum Gasteiger partial charge on any atom is 0.137 e. The Labute approximate surface area is 71.6 Å². The van der Waals surface area contributed by atoms with Gasteiger partial charge in [-0.1, -0.05) is 0 Å². The largest absolute Gasteiger partial charge is 0.468 e. The topological polar surface area (TPSA) is 30.2 Å². The summed E-state index contributed by atoms with van der Waals surface area (Å²) in [5.74, 6) is 1.08. The van der Waals surface area contributed by atoms with E-state index >= 15 is 0 Å². The summed E-state index contributed by atoms with van der Waals surface area (Å²) >= 11 is 0. The zero-order valence-corrected chi connectivity index (χ0v) is 7.22. The van der Waals surface area contributed by atoms with Crippen LogP contribution >= 0.6 is 0 Å². The van der Waals surface area contributed by atoms with Gasteiger partial charge in [0.2, 0.25) is 0 Å². The van der Waals surface area contributed by atoms with Crippen LogP contribution in [0.25, 0.3) is 0 Å². The van der Waals surface area contributed by atoms with Gasteiger partial charge in [0.15, 0.2) is 0 Å². The maximum atomic E-state index is 10.9.